The Kier molecular flexibility index (Phi) is 4.66. The van der Waals surface area contributed by atoms with E-state index in [0.717, 1.165) is 29.7 Å². The maximum atomic E-state index is 13.3. The fourth-order valence-electron chi connectivity index (χ4n) is 3.17. The molecule has 0 aliphatic carbocycles. The van der Waals surface area contributed by atoms with Crippen molar-refractivity contribution in [3.05, 3.63) is 52.6 Å². The van der Waals surface area contributed by atoms with E-state index in [1.165, 1.54) is 12.1 Å². The number of benzene rings is 1. The Balaban J connectivity index is 1.79. The van der Waals surface area contributed by atoms with Gasteiger partial charge in [0.1, 0.15) is 5.82 Å². The summed E-state index contributed by atoms with van der Waals surface area (Å²) in [6.07, 6.45) is 1.58. The molecule has 0 saturated carbocycles. The van der Waals surface area contributed by atoms with Crippen LogP contribution >= 0.6 is 0 Å². The fraction of sp³-hybridized carbons (Fsp3) is 0.444. The average Bonchev–Trinajstić information content (AvgIpc) is 2.93. The standard InChI is InChI=1S/C18H22FN3O2/c1-12-13(2)21-22-16(12)17(23)20-11-18(7-9-24-10-8-18)14-3-5-15(19)6-4-14/h3-6H,7-11H2,1-2H3,(H,20,23)(H,21,22). The lowest BCUT2D eigenvalue weighted by atomic mass is 9.74. The third kappa shape index (κ3) is 3.19. The van der Waals surface area contributed by atoms with E-state index in [4.69, 9.17) is 4.74 Å². The Morgan fingerprint density at radius 3 is 2.54 bits per heavy atom. The van der Waals surface area contributed by atoms with Crippen molar-refractivity contribution < 1.29 is 13.9 Å². The molecule has 1 aliphatic rings. The van der Waals surface area contributed by atoms with Gasteiger partial charge in [-0.1, -0.05) is 12.1 Å². The Hall–Kier alpha value is -2.21. The van der Waals surface area contributed by atoms with Crippen LogP contribution in [-0.4, -0.2) is 35.9 Å². The first-order valence-electron chi connectivity index (χ1n) is 8.15. The lowest BCUT2D eigenvalue weighted by Gasteiger charge is -2.38. The number of ether oxygens (including phenoxy) is 1. The minimum Gasteiger partial charge on any atom is -0.381 e. The number of hydrogen-bond donors (Lipinski definition) is 2. The van der Waals surface area contributed by atoms with E-state index in [1.807, 2.05) is 13.8 Å². The third-order valence-corrected chi connectivity index (χ3v) is 4.96. The van der Waals surface area contributed by atoms with Crippen LogP contribution in [-0.2, 0) is 10.2 Å². The SMILES string of the molecule is Cc1[nH]nc(C(=O)NCC2(c3ccc(F)cc3)CCOCC2)c1C. The molecule has 1 fully saturated rings. The zero-order valence-electron chi connectivity index (χ0n) is 14.0. The average molecular weight is 331 g/mol. The summed E-state index contributed by atoms with van der Waals surface area (Å²) in [6, 6.07) is 6.54. The number of carbonyl (C=O) groups is 1. The number of amides is 1. The summed E-state index contributed by atoms with van der Waals surface area (Å²) in [5.41, 5.74) is 2.96. The summed E-state index contributed by atoms with van der Waals surface area (Å²) in [6.45, 7) is 5.50. The number of aryl methyl sites for hydroxylation is 1. The summed E-state index contributed by atoms with van der Waals surface area (Å²) >= 11 is 0. The Bertz CT molecular complexity index is 718. The van der Waals surface area contributed by atoms with Crippen LogP contribution < -0.4 is 5.32 Å². The highest BCUT2D eigenvalue weighted by atomic mass is 19.1. The van der Waals surface area contributed by atoms with E-state index in [2.05, 4.69) is 15.5 Å². The highest BCUT2D eigenvalue weighted by Gasteiger charge is 2.35. The molecule has 1 saturated heterocycles. The molecular weight excluding hydrogens is 309 g/mol. The predicted octanol–water partition coefficient (Wildman–Crippen LogP) is 2.64. The maximum Gasteiger partial charge on any atom is 0.272 e. The molecule has 5 nitrogen and oxygen atoms in total. The molecule has 0 unspecified atom stereocenters. The number of aromatic nitrogens is 2. The molecule has 0 radical (unpaired) electrons. The fourth-order valence-corrected chi connectivity index (χ4v) is 3.17. The van der Waals surface area contributed by atoms with Crippen LogP contribution in [0, 0.1) is 19.7 Å². The van der Waals surface area contributed by atoms with E-state index in [9.17, 15) is 9.18 Å². The zero-order valence-corrected chi connectivity index (χ0v) is 14.0. The molecule has 1 aromatic heterocycles. The van der Waals surface area contributed by atoms with Gasteiger partial charge in [-0.25, -0.2) is 4.39 Å². The van der Waals surface area contributed by atoms with E-state index in [1.54, 1.807) is 12.1 Å². The van der Waals surface area contributed by atoms with Gasteiger partial charge in [0.25, 0.3) is 5.91 Å². The van der Waals surface area contributed by atoms with Crippen LogP contribution in [0.4, 0.5) is 4.39 Å². The van der Waals surface area contributed by atoms with Crippen molar-refractivity contribution in [1.29, 1.82) is 0 Å². The van der Waals surface area contributed by atoms with Crippen LogP contribution in [0.5, 0.6) is 0 Å². The van der Waals surface area contributed by atoms with Gasteiger partial charge < -0.3 is 10.1 Å². The van der Waals surface area contributed by atoms with Gasteiger partial charge in [-0.05, 0) is 44.4 Å². The minimum atomic E-state index is -0.257. The molecule has 1 aromatic carbocycles. The van der Waals surface area contributed by atoms with Crippen molar-refractivity contribution in [1.82, 2.24) is 15.5 Å². The zero-order chi connectivity index (χ0) is 17.2. The number of nitrogens with zero attached hydrogens (tertiary/aromatic N) is 1. The molecule has 3 rings (SSSR count). The predicted molar refractivity (Wildman–Crippen MR) is 88.5 cm³/mol. The quantitative estimate of drug-likeness (QED) is 0.905. The topological polar surface area (TPSA) is 67.0 Å². The van der Waals surface area contributed by atoms with E-state index < -0.39 is 0 Å². The van der Waals surface area contributed by atoms with Gasteiger partial charge in [0.15, 0.2) is 5.69 Å². The molecule has 1 aliphatic heterocycles. The molecule has 0 atom stereocenters. The van der Waals surface area contributed by atoms with Gasteiger partial charge in [-0.3, -0.25) is 9.89 Å². The highest BCUT2D eigenvalue weighted by molar-refractivity contribution is 5.93. The molecule has 1 amide bonds. The first kappa shape index (κ1) is 16.6. The Labute approximate surface area is 140 Å². The van der Waals surface area contributed by atoms with Crippen molar-refractivity contribution in [3.8, 4) is 0 Å². The summed E-state index contributed by atoms with van der Waals surface area (Å²) in [5.74, 6) is -0.447. The number of carbonyl (C=O) groups excluding carboxylic acids is 1. The second kappa shape index (κ2) is 6.73. The lowest BCUT2D eigenvalue weighted by Crippen LogP contribution is -2.44. The van der Waals surface area contributed by atoms with Gasteiger partial charge >= 0.3 is 0 Å². The van der Waals surface area contributed by atoms with Gasteiger partial charge in [0.05, 0.1) is 0 Å². The molecule has 6 heteroatoms. The Morgan fingerprint density at radius 2 is 1.96 bits per heavy atom. The maximum absolute atomic E-state index is 13.3. The normalized spacial score (nSPS) is 16.8. The monoisotopic (exact) mass is 331 g/mol. The van der Waals surface area contributed by atoms with Crippen LogP contribution in [0.2, 0.25) is 0 Å². The van der Waals surface area contributed by atoms with Gasteiger partial charge in [-0.2, -0.15) is 5.10 Å². The van der Waals surface area contributed by atoms with Crippen LogP contribution in [0.1, 0.15) is 40.2 Å². The number of nitrogens with one attached hydrogen (secondary N) is 2. The molecule has 24 heavy (non-hydrogen) atoms. The number of aromatic amines is 1. The largest absolute Gasteiger partial charge is 0.381 e. The third-order valence-electron chi connectivity index (χ3n) is 4.96. The summed E-state index contributed by atoms with van der Waals surface area (Å²) in [4.78, 5) is 12.5. The molecule has 2 heterocycles. The van der Waals surface area contributed by atoms with E-state index in [-0.39, 0.29) is 17.1 Å². The first-order valence-corrected chi connectivity index (χ1v) is 8.15. The number of halogens is 1. The first-order chi connectivity index (χ1) is 11.5. The molecule has 128 valence electrons. The second-order valence-electron chi connectivity index (χ2n) is 6.40. The number of H-pyrrole nitrogens is 1. The van der Waals surface area contributed by atoms with Crippen molar-refractivity contribution in [2.45, 2.75) is 32.1 Å². The Morgan fingerprint density at radius 1 is 1.29 bits per heavy atom. The number of hydrogen-bond acceptors (Lipinski definition) is 3. The van der Waals surface area contributed by atoms with Crippen molar-refractivity contribution >= 4 is 5.91 Å². The van der Waals surface area contributed by atoms with Gasteiger partial charge in [0, 0.05) is 36.4 Å². The van der Waals surface area contributed by atoms with Crippen molar-refractivity contribution in [2.75, 3.05) is 19.8 Å². The van der Waals surface area contributed by atoms with Crippen molar-refractivity contribution in [3.63, 3.8) is 0 Å². The lowest BCUT2D eigenvalue weighted by molar-refractivity contribution is 0.0486. The minimum absolute atomic E-state index is 0.190. The molecule has 2 aromatic rings. The van der Waals surface area contributed by atoms with Gasteiger partial charge in [-0.15, -0.1) is 0 Å². The molecule has 0 spiro atoms. The number of rotatable bonds is 4. The van der Waals surface area contributed by atoms with Crippen molar-refractivity contribution in [2.24, 2.45) is 0 Å². The van der Waals surface area contributed by atoms with Crippen LogP contribution in [0.3, 0.4) is 0 Å². The van der Waals surface area contributed by atoms with E-state index in [0.29, 0.717) is 25.5 Å². The van der Waals surface area contributed by atoms with E-state index >= 15 is 0 Å². The summed E-state index contributed by atoms with van der Waals surface area (Å²) in [7, 11) is 0. The summed E-state index contributed by atoms with van der Waals surface area (Å²) in [5, 5.41) is 9.91. The van der Waals surface area contributed by atoms with Crippen LogP contribution in [0.15, 0.2) is 24.3 Å². The molecule has 0 bridgehead atoms. The molecular formula is C18H22FN3O2. The summed E-state index contributed by atoms with van der Waals surface area (Å²) < 4.78 is 18.7. The molecule has 2 N–H and O–H groups in total. The second-order valence-corrected chi connectivity index (χ2v) is 6.40. The van der Waals surface area contributed by atoms with Gasteiger partial charge in [0.2, 0.25) is 0 Å². The smallest absolute Gasteiger partial charge is 0.272 e. The van der Waals surface area contributed by atoms with Crippen LogP contribution in [0.25, 0.3) is 0 Å². The highest BCUT2D eigenvalue weighted by Crippen LogP contribution is 2.34.